The minimum atomic E-state index is -6.43. The molecule has 0 unspecified atom stereocenters. The fourth-order valence-corrected chi connectivity index (χ4v) is 13.0. The van der Waals surface area contributed by atoms with E-state index in [-0.39, 0.29) is 0 Å². The maximum atomic E-state index is 10.6. The Kier molecular flexibility index (Phi) is 3.66. The van der Waals surface area contributed by atoms with Gasteiger partial charge in [-0.25, -0.2) is 0 Å². The highest BCUT2D eigenvalue weighted by atomic mass is 32.2. The highest BCUT2D eigenvalue weighted by molar-refractivity contribution is 8.28. The molecule has 2 aliphatic heterocycles. The molecule has 0 atom stereocenters. The molecule has 0 radical (unpaired) electrons. The molecule has 10 aromatic carbocycles. The lowest BCUT2D eigenvalue weighted by molar-refractivity contribution is 0.488. The molecule has 0 bridgehead atoms. The first kappa shape index (κ1) is 15.6. The molecule has 11 aromatic rings. The number of fused-ring (bicyclic) bond motifs is 7. The summed E-state index contributed by atoms with van der Waals surface area (Å²) in [6.45, 7) is 0. The van der Waals surface area contributed by atoms with Gasteiger partial charge in [-0.1, -0.05) is 193 Å². The molecule has 0 fully saturated rings. The molecule has 0 spiro atoms. The molecule has 2 nitrogen and oxygen atoms in total. The maximum Gasteiger partial charge on any atom is 0.289 e. The Morgan fingerprint density at radius 1 is 0.431 bits per heavy atom. The second kappa shape index (κ2) is 15.3. The maximum absolute atomic E-state index is 10.6. The van der Waals surface area contributed by atoms with Crippen molar-refractivity contribution in [1.29, 1.82) is 0 Å². The molecule has 2 aliphatic rings. The SMILES string of the molecule is [2H]c1c(-c2c([2H])c3c4c(c2[2H])-c2c([2H])c(-c5c([2H])c([2H])c([2H])c([2H])c5-n5c6c([2H])c([2H])c([2H])c([2H])c6c6c([2H])c([2H])c([2H])c([2H])c65)c([2H])c([2H])c2SB4c2c([2H])c([2H])c([2H])c([2H])c2O3)cc([Si](c2c([2H])c([2H])c([2H])c([2H])c2[2H])(c2c([2H])c([2H])c([2H])c([2H])c2[2H])c2c([2H])c([2H])c([2H])c([2H])c2[2H])c([2H])c1[2H]. The predicted molar refractivity (Wildman–Crippen MR) is 278 cm³/mol. The summed E-state index contributed by atoms with van der Waals surface area (Å²) in [5.74, 6) is -3.20. The summed E-state index contributed by atoms with van der Waals surface area (Å²) in [6.07, 6.45) is 0. The molecule has 0 N–H and O–H groups in total. The number of para-hydroxylation sites is 4. The van der Waals surface area contributed by atoms with Gasteiger partial charge in [0.1, 0.15) is 11.5 Å². The van der Waals surface area contributed by atoms with Crippen molar-refractivity contribution in [2.24, 2.45) is 0 Å². The quantitative estimate of drug-likeness (QED) is 0.117. The van der Waals surface area contributed by atoms with E-state index in [1.165, 1.54) is 0 Å². The molecule has 3 heterocycles. The normalized spacial score (nSPS) is 21.0. The molecule has 1 aromatic heterocycles. The lowest BCUT2D eigenvalue weighted by atomic mass is 9.57. The lowest BCUT2D eigenvalue weighted by Gasteiger charge is -2.35. The van der Waals surface area contributed by atoms with Crippen molar-refractivity contribution in [3.05, 3.63) is 242 Å². The first-order valence-corrected chi connectivity index (χ1v) is 22.1. The van der Waals surface area contributed by atoms with Crippen molar-refractivity contribution in [2.45, 2.75) is 4.90 Å². The zero-order valence-electron chi connectivity index (χ0n) is 71.4. The summed E-state index contributed by atoms with van der Waals surface area (Å²) in [4.78, 5) is -0.531. The summed E-state index contributed by atoms with van der Waals surface area (Å²) in [6, 6.07) is -42.6. The van der Waals surface area contributed by atoms with Gasteiger partial charge in [-0.05, 0) is 108 Å². The third kappa shape index (κ3) is 5.96. The largest absolute Gasteiger partial charge is 0.458 e. The minimum Gasteiger partial charge on any atom is -0.458 e. The summed E-state index contributed by atoms with van der Waals surface area (Å²) in [5, 5.41) is -5.70. The molecular formula is C60H40BNOSSi. The zero-order valence-corrected chi connectivity index (χ0v) is 34.2. The molecule has 0 saturated carbocycles. The second-order valence-electron chi connectivity index (χ2n) is 14.1. The summed E-state index contributed by atoms with van der Waals surface area (Å²) in [5.41, 5.74) is -8.57. The third-order valence-corrected chi connectivity index (χ3v) is 16.2. The van der Waals surface area contributed by atoms with Crippen molar-refractivity contribution < 1.29 is 58.2 Å². The highest BCUT2D eigenvalue weighted by Crippen LogP contribution is 2.47. The van der Waals surface area contributed by atoms with E-state index in [0.717, 1.165) is 0 Å². The number of nitrogens with zero attached hydrogens (tertiary/aromatic N) is 1. The number of ether oxygens (including phenoxy) is 1. The van der Waals surface area contributed by atoms with Crippen molar-refractivity contribution >= 4 is 79.2 Å². The molecule has 0 saturated heterocycles. The summed E-state index contributed by atoms with van der Waals surface area (Å²) < 4.78 is 371. The van der Waals surface area contributed by atoms with Gasteiger partial charge in [0.2, 0.25) is 0 Å². The van der Waals surface area contributed by atoms with Crippen LogP contribution in [-0.4, -0.2) is 18.6 Å². The van der Waals surface area contributed by atoms with Gasteiger partial charge in [-0.3, -0.25) is 0 Å². The van der Waals surface area contributed by atoms with E-state index in [0.29, 0.717) is 22.2 Å². The average molecular weight is 901 g/mol. The van der Waals surface area contributed by atoms with Crippen LogP contribution in [-0.2, 0) is 0 Å². The zero-order chi connectivity index (χ0) is 76.8. The Morgan fingerprint density at radius 3 is 1.69 bits per heavy atom. The monoisotopic (exact) mass is 901 g/mol. The van der Waals surface area contributed by atoms with Gasteiger partial charge in [0.05, 0.1) is 70.2 Å². The van der Waals surface area contributed by atoms with Gasteiger partial charge in [0.15, 0.2) is 8.07 Å². The Hall–Kier alpha value is -7.57. The predicted octanol–water partition coefficient (Wildman–Crippen LogP) is 11.5. The highest BCUT2D eigenvalue weighted by Gasteiger charge is 2.42. The summed E-state index contributed by atoms with van der Waals surface area (Å²) in [7, 11) is -6.43. The number of hydrogen-bond donors (Lipinski definition) is 0. The lowest BCUT2D eigenvalue weighted by Crippen LogP contribution is -2.74. The first-order valence-electron chi connectivity index (χ1n) is 38.7. The van der Waals surface area contributed by atoms with Gasteiger partial charge < -0.3 is 9.30 Å². The summed E-state index contributed by atoms with van der Waals surface area (Å²) >= 11 is 0.507. The van der Waals surface area contributed by atoms with Gasteiger partial charge in [-0.15, -0.1) is 0 Å². The standard InChI is InChI=1S/C60H40BNOSSi/c1-4-20-44(21-5-1)65(45-22-6-2-7-23-45,46-24-8-3-9-25-46)47-26-18-19-41(37-47)43-39-52-51-38-42(35-36-59(51)64-61-53-30-13-17-34-57(53)63-58(40-43)60(52)61)48-27-10-14-31-54(48)62-55-32-15-11-28-49(55)50-29-12-16-33-56(50)62/h1-40H/i1D,2D,3D,4D,5D,6D,7D,8D,9D,10D,11D,12D,13D,14D,15D,16D,17D,18D,19D,20D,21D,22D,23D,24D,25D,26D,27D,28D,29D,30D,31D,32D,33D,34D,35D,36D,38D,39D,40D. The molecule has 5 heteroatoms. The van der Waals surface area contributed by atoms with Crippen LogP contribution in [0.4, 0.5) is 0 Å². The van der Waals surface area contributed by atoms with E-state index >= 15 is 0 Å². The number of hydrogen-bond acceptors (Lipinski definition) is 2. The Bertz CT molecular complexity index is 5630. The minimum absolute atomic E-state index is 0.421. The molecular weight excluding hydrogens is 822 g/mol. The van der Waals surface area contributed by atoms with Crippen LogP contribution in [0, 0.1) is 0 Å². The fraction of sp³-hybridized carbons (Fsp3) is 0. The first-order chi connectivity index (χ1) is 48.5. The van der Waals surface area contributed by atoms with Crippen LogP contribution in [0.2, 0.25) is 0 Å². The number of aromatic nitrogens is 1. The number of rotatable bonds is 7. The van der Waals surface area contributed by atoms with E-state index in [2.05, 4.69) is 0 Å². The van der Waals surface area contributed by atoms with Crippen LogP contribution in [0.1, 0.15) is 53.5 Å². The van der Waals surface area contributed by atoms with Crippen LogP contribution in [0.3, 0.4) is 0 Å². The number of benzene rings is 10. The van der Waals surface area contributed by atoms with Gasteiger partial charge >= 0.3 is 0 Å². The van der Waals surface area contributed by atoms with Crippen LogP contribution in [0.5, 0.6) is 11.5 Å². The molecule has 0 amide bonds. The van der Waals surface area contributed by atoms with E-state index in [4.69, 9.17) is 32.2 Å². The molecule has 0 aliphatic carbocycles. The van der Waals surface area contributed by atoms with Gasteiger partial charge in [-0.2, -0.15) is 11.6 Å². The Balaban J connectivity index is 1.26. The molecule has 13 rings (SSSR count). The Labute approximate surface area is 439 Å². The van der Waals surface area contributed by atoms with Crippen molar-refractivity contribution in [3.63, 3.8) is 0 Å². The third-order valence-electron chi connectivity index (χ3n) is 10.8. The van der Waals surface area contributed by atoms with Gasteiger partial charge in [0, 0.05) is 21.2 Å². The fourth-order valence-electron chi connectivity index (χ4n) is 8.13. The van der Waals surface area contributed by atoms with Crippen molar-refractivity contribution in [1.82, 2.24) is 4.57 Å². The van der Waals surface area contributed by atoms with Crippen LogP contribution in [0.25, 0.3) is 60.9 Å². The topological polar surface area (TPSA) is 14.2 Å². The smallest absolute Gasteiger partial charge is 0.289 e. The van der Waals surface area contributed by atoms with Crippen molar-refractivity contribution in [3.8, 4) is 50.6 Å². The van der Waals surface area contributed by atoms with E-state index in [1.807, 2.05) is 0 Å². The van der Waals surface area contributed by atoms with Crippen LogP contribution in [0.15, 0.2) is 247 Å². The molecule has 65 heavy (non-hydrogen) atoms. The van der Waals surface area contributed by atoms with E-state index in [9.17, 15) is 26.0 Å². The van der Waals surface area contributed by atoms with E-state index in [1.54, 1.807) is 0 Å². The van der Waals surface area contributed by atoms with Crippen LogP contribution >= 0.6 is 11.6 Å². The van der Waals surface area contributed by atoms with Crippen LogP contribution < -0.4 is 36.4 Å². The average Bonchev–Trinajstić information content (AvgIpc) is 0.899. The van der Waals surface area contributed by atoms with Crippen molar-refractivity contribution in [2.75, 3.05) is 0 Å². The second-order valence-corrected chi connectivity index (χ2v) is 18.8. The Morgan fingerprint density at radius 2 is 1.00 bits per heavy atom. The molecule has 304 valence electrons. The van der Waals surface area contributed by atoms with E-state index < -0.39 is 359 Å². The van der Waals surface area contributed by atoms with Gasteiger partial charge in [0.25, 0.3) is 5.99 Å².